The van der Waals surface area contributed by atoms with Crippen molar-refractivity contribution >= 4 is 12.2 Å². The van der Waals surface area contributed by atoms with E-state index in [0.29, 0.717) is 5.41 Å². The Balaban J connectivity index is 2.08. The van der Waals surface area contributed by atoms with Crippen molar-refractivity contribution in [3.05, 3.63) is 58.0 Å². The molecule has 0 heterocycles. The highest BCUT2D eigenvalue weighted by Crippen LogP contribution is 2.31. The van der Waals surface area contributed by atoms with E-state index >= 15 is 0 Å². The smallest absolute Gasteiger partial charge is 0.00819 e. The van der Waals surface area contributed by atoms with Crippen LogP contribution in [-0.2, 0) is 11.8 Å². The average molecular weight is 260 g/mol. The topological polar surface area (TPSA) is 0 Å². The van der Waals surface area contributed by atoms with Gasteiger partial charge in [0.05, 0.1) is 0 Å². The molecule has 4 rings (SSSR count). The van der Waals surface area contributed by atoms with Gasteiger partial charge in [0.2, 0.25) is 0 Å². The highest BCUT2D eigenvalue weighted by atomic mass is 14.3. The number of rotatable bonds is 0. The third-order valence-electron chi connectivity index (χ3n) is 4.97. The van der Waals surface area contributed by atoms with Crippen LogP contribution in [0.25, 0.3) is 23.3 Å². The number of benzene rings is 2. The van der Waals surface area contributed by atoms with Crippen molar-refractivity contribution in [3.63, 3.8) is 0 Å². The first-order chi connectivity index (χ1) is 9.67. The lowest BCUT2D eigenvalue weighted by Gasteiger charge is -2.30. The first-order valence-corrected chi connectivity index (χ1v) is 7.59. The number of hydrogen-bond donors (Lipinski definition) is 0. The minimum atomic E-state index is 0.309. The maximum absolute atomic E-state index is 2.45. The molecule has 0 amide bonds. The summed E-state index contributed by atoms with van der Waals surface area (Å²) in [4.78, 5) is 0. The summed E-state index contributed by atoms with van der Waals surface area (Å²) in [7, 11) is 0. The zero-order valence-electron chi connectivity index (χ0n) is 12.2. The lowest BCUT2D eigenvalue weighted by atomic mass is 9.74. The van der Waals surface area contributed by atoms with Crippen molar-refractivity contribution in [1.29, 1.82) is 0 Å². The molecule has 0 aliphatic heterocycles. The Morgan fingerprint density at radius 2 is 1.70 bits per heavy atom. The minimum Gasteiger partial charge on any atom is -0.0763 e. The first kappa shape index (κ1) is 12.0. The summed E-state index contributed by atoms with van der Waals surface area (Å²) in [5.74, 6) is 0. The molecule has 0 spiro atoms. The average Bonchev–Trinajstić information content (AvgIpc) is 2.46. The Kier molecular flexibility index (Phi) is 2.44. The highest BCUT2D eigenvalue weighted by molar-refractivity contribution is 5.74. The van der Waals surface area contributed by atoms with E-state index in [1.807, 2.05) is 0 Å². The molecule has 0 saturated carbocycles. The second-order valence-corrected chi connectivity index (χ2v) is 6.68. The van der Waals surface area contributed by atoms with Gasteiger partial charge in [-0.1, -0.05) is 62.4 Å². The summed E-state index contributed by atoms with van der Waals surface area (Å²) in [6.07, 6.45) is 8.40. The Morgan fingerprint density at radius 1 is 0.850 bits per heavy atom. The fraction of sp³-hybridized carbons (Fsp3) is 0.300. The van der Waals surface area contributed by atoms with Crippen molar-refractivity contribution in [2.75, 3.05) is 0 Å². The Hall–Kier alpha value is -1.82. The van der Waals surface area contributed by atoms with Crippen LogP contribution in [0.3, 0.4) is 0 Å². The molecule has 2 aromatic rings. The van der Waals surface area contributed by atoms with Crippen LogP contribution >= 0.6 is 0 Å². The molecule has 2 aromatic carbocycles. The van der Waals surface area contributed by atoms with Crippen molar-refractivity contribution < 1.29 is 0 Å². The van der Waals surface area contributed by atoms with Crippen LogP contribution < -0.4 is 10.4 Å². The van der Waals surface area contributed by atoms with Gasteiger partial charge in [0.1, 0.15) is 0 Å². The summed E-state index contributed by atoms with van der Waals surface area (Å²) < 4.78 is 0. The molecule has 20 heavy (non-hydrogen) atoms. The van der Waals surface area contributed by atoms with E-state index in [9.17, 15) is 0 Å². The van der Waals surface area contributed by atoms with Crippen LogP contribution in [0.1, 0.15) is 37.8 Å². The highest BCUT2D eigenvalue weighted by Gasteiger charge is 2.25. The SMILES string of the molecule is CC1(C)CCC=c2c1ccc1c2=CCc2ccccc2-1. The van der Waals surface area contributed by atoms with E-state index in [1.54, 1.807) is 0 Å². The molecule has 0 nitrogen and oxygen atoms in total. The van der Waals surface area contributed by atoms with Gasteiger partial charge in [-0.3, -0.25) is 0 Å². The molecule has 0 unspecified atom stereocenters. The van der Waals surface area contributed by atoms with Crippen molar-refractivity contribution in [2.45, 2.75) is 38.5 Å². The molecule has 2 aliphatic rings. The molecule has 0 saturated heterocycles. The molecular weight excluding hydrogens is 240 g/mol. The van der Waals surface area contributed by atoms with Crippen LogP contribution in [0.4, 0.5) is 0 Å². The lowest BCUT2D eigenvalue weighted by molar-refractivity contribution is 0.477. The molecule has 0 aromatic heterocycles. The molecule has 2 aliphatic carbocycles. The quantitative estimate of drug-likeness (QED) is 0.679. The molecule has 0 N–H and O–H groups in total. The summed E-state index contributed by atoms with van der Waals surface area (Å²) in [5.41, 5.74) is 6.13. The van der Waals surface area contributed by atoms with Crippen LogP contribution in [-0.4, -0.2) is 0 Å². The first-order valence-electron chi connectivity index (χ1n) is 7.59. The van der Waals surface area contributed by atoms with Gasteiger partial charge in [-0.25, -0.2) is 0 Å². The zero-order valence-corrected chi connectivity index (χ0v) is 12.2. The van der Waals surface area contributed by atoms with Crippen molar-refractivity contribution in [3.8, 4) is 11.1 Å². The van der Waals surface area contributed by atoms with Crippen molar-refractivity contribution in [1.82, 2.24) is 0 Å². The Bertz CT molecular complexity index is 806. The van der Waals surface area contributed by atoms with Crippen LogP contribution in [0.15, 0.2) is 36.4 Å². The normalized spacial score (nSPS) is 18.1. The molecule has 100 valence electrons. The van der Waals surface area contributed by atoms with Crippen LogP contribution in [0, 0.1) is 0 Å². The third kappa shape index (κ3) is 1.61. The van der Waals surface area contributed by atoms with E-state index in [-0.39, 0.29) is 0 Å². The summed E-state index contributed by atoms with van der Waals surface area (Å²) >= 11 is 0. The zero-order chi connectivity index (χ0) is 13.7. The fourth-order valence-corrected chi connectivity index (χ4v) is 3.79. The third-order valence-corrected chi connectivity index (χ3v) is 4.97. The number of fused-ring (bicyclic) bond motifs is 5. The maximum atomic E-state index is 2.45. The van der Waals surface area contributed by atoms with Gasteiger partial charge in [0.15, 0.2) is 0 Å². The second-order valence-electron chi connectivity index (χ2n) is 6.68. The lowest BCUT2D eigenvalue weighted by Crippen LogP contribution is -2.40. The summed E-state index contributed by atoms with van der Waals surface area (Å²) in [5, 5.41) is 2.96. The van der Waals surface area contributed by atoms with E-state index in [1.165, 1.54) is 45.5 Å². The van der Waals surface area contributed by atoms with E-state index in [4.69, 9.17) is 0 Å². The molecule has 0 fully saturated rings. The molecule has 0 atom stereocenters. The van der Waals surface area contributed by atoms with Gasteiger partial charge in [0.25, 0.3) is 0 Å². The van der Waals surface area contributed by atoms with Gasteiger partial charge in [-0.15, -0.1) is 0 Å². The Labute approximate surface area is 120 Å². The molecular formula is C20H20. The molecule has 0 bridgehead atoms. The van der Waals surface area contributed by atoms with Gasteiger partial charge >= 0.3 is 0 Å². The predicted octanol–water partition coefficient (Wildman–Crippen LogP) is 3.54. The molecule has 0 radical (unpaired) electrons. The van der Waals surface area contributed by atoms with Crippen molar-refractivity contribution in [2.24, 2.45) is 0 Å². The number of hydrogen-bond acceptors (Lipinski definition) is 0. The summed E-state index contributed by atoms with van der Waals surface area (Å²) in [6.45, 7) is 4.75. The van der Waals surface area contributed by atoms with Crippen LogP contribution in [0.2, 0.25) is 0 Å². The monoisotopic (exact) mass is 260 g/mol. The maximum Gasteiger partial charge on any atom is -0.00819 e. The van der Waals surface area contributed by atoms with Crippen LogP contribution in [0.5, 0.6) is 0 Å². The minimum absolute atomic E-state index is 0.309. The fourth-order valence-electron chi connectivity index (χ4n) is 3.79. The van der Waals surface area contributed by atoms with Gasteiger partial charge in [-0.2, -0.15) is 0 Å². The van der Waals surface area contributed by atoms with E-state index < -0.39 is 0 Å². The predicted molar refractivity (Wildman–Crippen MR) is 86.0 cm³/mol. The summed E-state index contributed by atoms with van der Waals surface area (Å²) in [6, 6.07) is 13.5. The van der Waals surface area contributed by atoms with Gasteiger partial charge in [0, 0.05) is 0 Å². The van der Waals surface area contributed by atoms with E-state index in [0.717, 1.165) is 6.42 Å². The van der Waals surface area contributed by atoms with Gasteiger partial charge in [-0.05, 0) is 57.4 Å². The largest absolute Gasteiger partial charge is 0.0763 e. The van der Waals surface area contributed by atoms with E-state index in [2.05, 4.69) is 62.4 Å². The molecule has 0 heteroatoms. The second kappa shape index (κ2) is 4.09. The van der Waals surface area contributed by atoms with Gasteiger partial charge < -0.3 is 0 Å². The Morgan fingerprint density at radius 3 is 2.60 bits per heavy atom. The standard InChI is InChI=1S/C20H20/c1-20(2)13-5-8-18-17-10-9-14-6-3-4-7-15(14)16(17)11-12-19(18)20/h3-4,6-8,10-12H,5,9,13H2,1-2H3.